The molecule has 104 valence electrons. The van der Waals surface area contributed by atoms with Crippen LogP contribution < -0.4 is 5.32 Å². The van der Waals surface area contributed by atoms with Crippen molar-refractivity contribution in [3.8, 4) is 0 Å². The number of hydrogen-bond acceptors (Lipinski definition) is 3. The third-order valence-electron chi connectivity index (χ3n) is 3.33. The lowest BCUT2D eigenvalue weighted by molar-refractivity contribution is -0.143. The molecule has 1 aliphatic heterocycles. The van der Waals surface area contributed by atoms with Crippen LogP contribution in [0.3, 0.4) is 0 Å². The monoisotopic (exact) mass is 282 g/mol. The van der Waals surface area contributed by atoms with Crippen LogP contribution in [0, 0.1) is 0 Å². The first kappa shape index (κ1) is 14.3. The van der Waals surface area contributed by atoms with Crippen LogP contribution in [0.5, 0.6) is 0 Å². The molecule has 1 saturated heterocycles. The molecule has 0 spiro atoms. The van der Waals surface area contributed by atoms with Gasteiger partial charge in [-0.15, -0.1) is 0 Å². The molecule has 1 N–H and O–H groups in total. The Labute approximate surface area is 118 Å². The van der Waals surface area contributed by atoms with Crippen molar-refractivity contribution in [2.75, 3.05) is 26.7 Å². The van der Waals surface area contributed by atoms with E-state index in [1.54, 1.807) is 7.05 Å². The van der Waals surface area contributed by atoms with Crippen molar-refractivity contribution in [2.24, 2.45) is 0 Å². The van der Waals surface area contributed by atoms with Crippen molar-refractivity contribution in [2.45, 2.75) is 19.1 Å². The summed E-state index contributed by atoms with van der Waals surface area (Å²) in [4.78, 5) is 13.9. The van der Waals surface area contributed by atoms with Crippen molar-refractivity contribution in [3.05, 3.63) is 34.9 Å². The normalized spacial score (nSPS) is 23.4. The van der Waals surface area contributed by atoms with Crippen LogP contribution >= 0.6 is 11.6 Å². The minimum absolute atomic E-state index is 0.0929. The molecular weight excluding hydrogens is 264 g/mol. The lowest BCUT2D eigenvalue weighted by atomic mass is 10.1. The molecule has 1 aromatic rings. The second-order valence-corrected chi connectivity index (χ2v) is 5.18. The summed E-state index contributed by atoms with van der Waals surface area (Å²) in [7, 11) is 1.77. The zero-order valence-electron chi connectivity index (χ0n) is 11.2. The molecule has 0 unspecified atom stereocenters. The van der Waals surface area contributed by atoms with Crippen LogP contribution in [0.25, 0.3) is 0 Å². The van der Waals surface area contributed by atoms with Crippen molar-refractivity contribution in [3.63, 3.8) is 0 Å². The van der Waals surface area contributed by atoms with Gasteiger partial charge in [-0.1, -0.05) is 29.8 Å². The fourth-order valence-corrected chi connectivity index (χ4v) is 2.54. The van der Waals surface area contributed by atoms with Gasteiger partial charge in [0.05, 0.1) is 25.7 Å². The van der Waals surface area contributed by atoms with Crippen LogP contribution in [0.1, 0.15) is 18.6 Å². The van der Waals surface area contributed by atoms with Gasteiger partial charge in [0.2, 0.25) is 5.91 Å². The second kappa shape index (κ2) is 6.37. The molecule has 1 aromatic carbocycles. The van der Waals surface area contributed by atoms with Gasteiger partial charge in [-0.2, -0.15) is 0 Å². The first-order chi connectivity index (χ1) is 9.13. The summed E-state index contributed by atoms with van der Waals surface area (Å²) in [6, 6.07) is 7.71. The number of nitrogens with zero attached hydrogens (tertiary/aromatic N) is 1. The molecule has 0 aromatic heterocycles. The Morgan fingerprint density at radius 2 is 2.26 bits per heavy atom. The summed E-state index contributed by atoms with van der Waals surface area (Å²) in [5.41, 5.74) is 0.943. The van der Waals surface area contributed by atoms with Crippen LogP contribution in [0.15, 0.2) is 24.3 Å². The number of benzene rings is 1. The van der Waals surface area contributed by atoms with E-state index in [4.69, 9.17) is 16.3 Å². The average molecular weight is 283 g/mol. The molecule has 0 radical (unpaired) electrons. The Morgan fingerprint density at radius 1 is 1.53 bits per heavy atom. The number of likely N-dealkylation sites (N-methyl/N-ethyl adjacent to an activating group) is 1. The number of halogens is 1. The molecular formula is C14H19ClN2O2. The Kier molecular flexibility index (Phi) is 4.80. The summed E-state index contributed by atoms with van der Waals surface area (Å²) >= 11 is 6.19. The number of rotatable bonds is 3. The van der Waals surface area contributed by atoms with Crippen LogP contribution in [0.4, 0.5) is 0 Å². The second-order valence-electron chi connectivity index (χ2n) is 4.77. The third kappa shape index (κ3) is 3.26. The molecule has 4 nitrogen and oxygen atoms in total. The van der Waals surface area contributed by atoms with Gasteiger partial charge in [0.1, 0.15) is 6.10 Å². The SMILES string of the molecule is CNCC(=O)N1C[C@@H](c2ccccc2Cl)OC[C@@H]1C. The van der Waals surface area contributed by atoms with E-state index in [1.807, 2.05) is 36.1 Å². The van der Waals surface area contributed by atoms with E-state index in [9.17, 15) is 4.79 Å². The number of hydrogen-bond donors (Lipinski definition) is 1. The fraction of sp³-hybridized carbons (Fsp3) is 0.500. The van der Waals surface area contributed by atoms with Crippen molar-refractivity contribution in [1.82, 2.24) is 10.2 Å². The van der Waals surface area contributed by atoms with Crippen molar-refractivity contribution >= 4 is 17.5 Å². The van der Waals surface area contributed by atoms with E-state index < -0.39 is 0 Å². The first-order valence-corrected chi connectivity index (χ1v) is 6.81. The minimum Gasteiger partial charge on any atom is -0.369 e. The summed E-state index contributed by atoms with van der Waals surface area (Å²) in [6.07, 6.45) is -0.147. The Balaban J connectivity index is 2.13. The smallest absolute Gasteiger partial charge is 0.236 e. The molecule has 1 heterocycles. The molecule has 5 heteroatoms. The highest BCUT2D eigenvalue weighted by molar-refractivity contribution is 6.31. The molecule has 0 saturated carbocycles. The fourth-order valence-electron chi connectivity index (χ4n) is 2.28. The van der Waals surface area contributed by atoms with E-state index in [2.05, 4.69) is 5.32 Å². The first-order valence-electron chi connectivity index (χ1n) is 6.43. The average Bonchev–Trinajstić information content (AvgIpc) is 2.40. The van der Waals surface area contributed by atoms with Gasteiger partial charge < -0.3 is 15.0 Å². The van der Waals surface area contributed by atoms with Gasteiger partial charge in [0.15, 0.2) is 0 Å². The maximum atomic E-state index is 12.0. The molecule has 1 aliphatic rings. The molecule has 19 heavy (non-hydrogen) atoms. The highest BCUT2D eigenvalue weighted by Gasteiger charge is 2.30. The van der Waals surface area contributed by atoms with Gasteiger partial charge in [0.25, 0.3) is 0 Å². The van der Waals surface area contributed by atoms with Gasteiger partial charge in [0, 0.05) is 10.6 Å². The van der Waals surface area contributed by atoms with E-state index in [0.717, 1.165) is 5.56 Å². The lowest BCUT2D eigenvalue weighted by Crippen LogP contribution is -2.50. The summed E-state index contributed by atoms with van der Waals surface area (Å²) in [5.74, 6) is 0.0929. The maximum Gasteiger partial charge on any atom is 0.236 e. The third-order valence-corrected chi connectivity index (χ3v) is 3.68. The van der Waals surface area contributed by atoms with E-state index in [-0.39, 0.29) is 18.1 Å². The highest BCUT2D eigenvalue weighted by atomic mass is 35.5. The van der Waals surface area contributed by atoms with Gasteiger partial charge in [-0.25, -0.2) is 0 Å². The number of amides is 1. The molecule has 1 fully saturated rings. The predicted octanol–water partition coefficient (Wildman–Crippen LogP) is 1.85. The van der Waals surface area contributed by atoms with Crippen molar-refractivity contribution < 1.29 is 9.53 Å². The largest absolute Gasteiger partial charge is 0.369 e. The number of morpholine rings is 1. The van der Waals surface area contributed by atoms with Gasteiger partial charge in [-0.3, -0.25) is 4.79 Å². The van der Waals surface area contributed by atoms with E-state index >= 15 is 0 Å². The van der Waals surface area contributed by atoms with Gasteiger partial charge in [-0.05, 0) is 20.0 Å². The quantitative estimate of drug-likeness (QED) is 0.920. The summed E-state index contributed by atoms with van der Waals surface area (Å²) in [6.45, 7) is 3.42. The lowest BCUT2D eigenvalue weighted by Gasteiger charge is -2.38. The number of carbonyl (C=O) groups is 1. The van der Waals surface area contributed by atoms with E-state index in [0.29, 0.717) is 24.7 Å². The molecule has 1 amide bonds. The Hall–Kier alpha value is -1.10. The van der Waals surface area contributed by atoms with E-state index in [1.165, 1.54) is 0 Å². The predicted molar refractivity (Wildman–Crippen MR) is 75.2 cm³/mol. The maximum absolute atomic E-state index is 12.0. The number of ether oxygens (including phenoxy) is 1. The number of carbonyl (C=O) groups excluding carboxylic acids is 1. The molecule has 2 rings (SSSR count). The standard InChI is InChI=1S/C14H19ClN2O2/c1-10-9-19-13(8-17(10)14(18)7-16-2)11-5-3-4-6-12(11)15/h3-6,10,13,16H,7-9H2,1-2H3/t10-,13-/m0/s1. The molecule has 2 atom stereocenters. The zero-order valence-corrected chi connectivity index (χ0v) is 12.0. The highest BCUT2D eigenvalue weighted by Crippen LogP contribution is 2.29. The van der Waals surface area contributed by atoms with Gasteiger partial charge >= 0.3 is 0 Å². The van der Waals surface area contributed by atoms with Crippen molar-refractivity contribution in [1.29, 1.82) is 0 Å². The molecule has 0 aliphatic carbocycles. The summed E-state index contributed by atoms with van der Waals surface area (Å²) in [5, 5.41) is 3.58. The number of nitrogens with one attached hydrogen (secondary N) is 1. The molecule has 0 bridgehead atoms. The topological polar surface area (TPSA) is 41.6 Å². The zero-order chi connectivity index (χ0) is 13.8. The Bertz CT molecular complexity index is 453. The minimum atomic E-state index is -0.147. The Morgan fingerprint density at radius 3 is 2.95 bits per heavy atom. The van der Waals surface area contributed by atoms with Crippen LogP contribution in [0.2, 0.25) is 5.02 Å². The van der Waals surface area contributed by atoms with Crippen LogP contribution in [-0.4, -0.2) is 43.6 Å². The van der Waals surface area contributed by atoms with Crippen LogP contribution in [-0.2, 0) is 9.53 Å². The summed E-state index contributed by atoms with van der Waals surface area (Å²) < 4.78 is 5.82.